The van der Waals surface area contributed by atoms with Gasteiger partial charge in [-0.2, -0.15) is 0 Å². The minimum atomic E-state index is -0.389. The summed E-state index contributed by atoms with van der Waals surface area (Å²) < 4.78 is 0.383. The Kier molecular flexibility index (Phi) is 5.75. The SMILES string of the molecule is C=CCN1C(=O)C(=C2C(=O)N(CC(=O)Nc3ccc(C)cc3)c3ccccc32)SC1=S. The number of benzene rings is 2. The van der Waals surface area contributed by atoms with Gasteiger partial charge in [0.25, 0.3) is 11.8 Å². The number of fused-ring (bicyclic) bond motifs is 1. The number of carbonyl (C=O) groups excluding carboxylic acids is 3. The van der Waals surface area contributed by atoms with Gasteiger partial charge in [0.1, 0.15) is 10.9 Å². The second-order valence-corrected chi connectivity index (χ2v) is 8.74. The Balaban J connectivity index is 1.64. The molecule has 2 aromatic rings. The Morgan fingerprint density at radius 1 is 1.10 bits per heavy atom. The van der Waals surface area contributed by atoms with Crippen LogP contribution >= 0.6 is 24.0 Å². The van der Waals surface area contributed by atoms with Crippen LogP contribution in [-0.4, -0.2) is 40.0 Å². The van der Waals surface area contributed by atoms with E-state index in [4.69, 9.17) is 12.2 Å². The number of rotatable bonds is 5. The number of para-hydroxylation sites is 1. The van der Waals surface area contributed by atoms with E-state index >= 15 is 0 Å². The first-order valence-electron chi connectivity index (χ1n) is 9.57. The number of nitrogens with one attached hydrogen (secondary N) is 1. The number of carbonyl (C=O) groups is 3. The molecule has 1 fully saturated rings. The summed E-state index contributed by atoms with van der Waals surface area (Å²) in [5.74, 6) is -1.04. The number of thioether (sulfide) groups is 1. The van der Waals surface area contributed by atoms with Crippen molar-refractivity contribution in [3.05, 3.63) is 77.2 Å². The van der Waals surface area contributed by atoms with Crippen LogP contribution in [0, 0.1) is 6.92 Å². The van der Waals surface area contributed by atoms with Gasteiger partial charge >= 0.3 is 0 Å². The molecule has 2 heterocycles. The van der Waals surface area contributed by atoms with Gasteiger partial charge in [-0.05, 0) is 25.1 Å². The lowest BCUT2D eigenvalue weighted by Crippen LogP contribution is -2.35. The first-order valence-corrected chi connectivity index (χ1v) is 10.8. The molecular formula is C23H19N3O3S2. The van der Waals surface area contributed by atoms with Gasteiger partial charge < -0.3 is 5.32 Å². The van der Waals surface area contributed by atoms with Crippen LogP contribution in [0.15, 0.2) is 66.1 Å². The zero-order chi connectivity index (χ0) is 22.1. The van der Waals surface area contributed by atoms with Crippen LogP contribution in [0.5, 0.6) is 0 Å². The Morgan fingerprint density at radius 3 is 2.52 bits per heavy atom. The summed E-state index contributed by atoms with van der Waals surface area (Å²) in [5.41, 5.74) is 3.23. The molecule has 0 aromatic heterocycles. The van der Waals surface area contributed by atoms with Crippen molar-refractivity contribution in [2.75, 3.05) is 23.3 Å². The van der Waals surface area contributed by atoms with Crippen LogP contribution in [0.25, 0.3) is 5.57 Å². The Hall–Kier alpha value is -3.23. The van der Waals surface area contributed by atoms with Gasteiger partial charge in [0.05, 0.1) is 16.2 Å². The van der Waals surface area contributed by atoms with Gasteiger partial charge in [-0.25, -0.2) is 0 Å². The predicted octanol–water partition coefficient (Wildman–Crippen LogP) is 3.74. The number of thiocarbonyl (C=S) groups is 1. The van der Waals surface area contributed by atoms with Gasteiger partial charge in [-0.3, -0.25) is 24.2 Å². The summed E-state index contributed by atoms with van der Waals surface area (Å²) in [6, 6.07) is 14.6. The Labute approximate surface area is 189 Å². The summed E-state index contributed by atoms with van der Waals surface area (Å²) in [6.07, 6.45) is 1.59. The van der Waals surface area contributed by atoms with Crippen molar-refractivity contribution in [1.29, 1.82) is 0 Å². The molecule has 0 atom stereocenters. The minimum Gasteiger partial charge on any atom is -0.325 e. The van der Waals surface area contributed by atoms with Gasteiger partial charge in [-0.15, -0.1) is 6.58 Å². The molecule has 156 valence electrons. The van der Waals surface area contributed by atoms with Crippen molar-refractivity contribution < 1.29 is 14.4 Å². The largest absolute Gasteiger partial charge is 0.325 e. The van der Waals surface area contributed by atoms with E-state index in [2.05, 4.69) is 11.9 Å². The molecule has 0 aliphatic carbocycles. The smallest absolute Gasteiger partial charge is 0.267 e. The van der Waals surface area contributed by atoms with Gasteiger partial charge in [0.2, 0.25) is 5.91 Å². The fraction of sp³-hybridized carbons (Fsp3) is 0.130. The van der Waals surface area contributed by atoms with E-state index in [1.165, 1.54) is 9.80 Å². The maximum Gasteiger partial charge on any atom is 0.267 e. The molecule has 1 saturated heterocycles. The lowest BCUT2D eigenvalue weighted by molar-refractivity contribution is -0.122. The molecule has 31 heavy (non-hydrogen) atoms. The van der Waals surface area contributed by atoms with Crippen molar-refractivity contribution >= 4 is 63.0 Å². The molecule has 0 saturated carbocycles. The molecule has 2 aromatic carbocycles. The molecule has 0 spiro atoms. The van der Waals surface area contributed by atoms with Crippen LogP contribution in [0.2, 0.25) is 0 Å². The van der Waals surface area contributed by atoms with E-state index in [1.807, 2.05) is 31.2 Å². The number of nitrogens with zero attached hydrogens (tertiary/aromatic N) is 2. The third-order valence-corrected chi connectivity index (χ3v) is 6.40. The third kappa shape index (κ3) is 3.92. The molecule has 6 nitrogen and oxygen atoms in total. The number of hydrogen-bond donors (Lipinski definition) is 1. The summed E-state index contributed by atoms with van der Waals surface area (Å²) in [5, 5.41) is 2.81. The Bertz CT molecular complexity index is 1150. The lowest BCUT2D eigenvalue weighted by Gasteiger charge is -2.17. The highest BCUT2D eigenvalue weighted by Gasteiger charge is 2.42. The summed E-state index contributed by atoms with van der Waals surface area (Å²) in [6.45, 7) is 5.73. The maximum absolute atomic E-state index is 13.3. The summed E-state index contributed by atoms with van der Waals surface area (Å²) >= 11 is 6.41. The Morgan fingerprint density at radius 2 is 1.81 bits per heavy atom. The van der Waals surface area contributed by atoms with E-state index in [-0.39, 0.29) is 41.3 Å². The van der Waals surface area contributed by atoms with Crippen LogP contribution in [0.3, 0.4) is 0 Å². The van der Waals surface area contributed by atoms with Crippen LogP contribution in [0.4, 0.5) is 11.4 Å². The normalized spacial score (nSPS) is 17.9. The highest BCUT2D eigenvalue weighted by Crippen LogP contribution is 2.44. The van der Waals surface area contributed by atoms with Crippen molar-refractivity contribution in [2.24, 2.45) is 0 Å². The van der Waals surface area contributed by atoms with E-state index in [0.29, 0.717) is 21.3 Å². The van der Waals surface area contributed by atoms with Crippen LogP contribution < -0.4 is 10.2 Å². The zero-order valence-electron chi connectivity index (χ0n) is 16.8. The second-order valence-electron chi connectivity index (χ2n) is 7.10. The molecule has 0 bridgehead atoms. The molecule has 8 heteroatoms. The lowest BCUT2D eigenvalue weighted by atomic mass is 10.1. The standard InChI is InChI=1S/C23H19N3O3S2/c1-3-12-25-22(29)20(31-23(25)30)19-16-6-4-5-7-17(16)26(21(19)28)13-18(27)24-15-10-8-14(2)9-11-15/h3-11H,1,12-13H2,2H3,(H,24,27). The van der Waals surface area contributed by atoms with Gasteiger partial charge in [0, 0.05) is 17.8 Å². The fourth-order valence-electron chi connectivity index (χ4n) is 3.47. The van der Waals surface area contributed by atoms with E-state index in [1.54, 1.807) is 30.3 Å². The molecule has 4 rings (SSSR count). The van der Waals surface area contributed by atoms with Crippen LogP contribution in [-0.2, 0) is 14.4 Å². The number of aryl methyl sites for hydroxylation is 1. The highest BCUT2D eigenvalue weighted by molar-refractivity contribution is 8.26. The number of amides is 3. The van der Waals surface area contributed by atoms with E-state index in [9.17, 15) is 14.4 Å². The molecule has 1 N–H and O–H groups in total. The molecule has 3 amide bonds. The van der Waals surface area contributed by atoms with Crippen molar-refractivity contribution in [2.45, 2.75) is 6.92 Å². The minimum absolute atomic E-state index is 0.166. The average molecular weight is 450 g/mol. The van der Waals surface area contributed by atoms with Gasteiger partial charge in [0.15, 0.2) is 0 Å². The molecule has 2 aliphatic heterocycles. The number of anilines is 2. The van der Waals surface area contributed by atoms with Crippen molar-refractivity contribution in [3.8, 4) is 0 Å². The first kappa shape index (κ1) is 21.0. The van der Waals surface area contributed by atoms with Gasteiger partial charge in [-0.1, -0.05) is 66.0 Å². The highest BCUT2D eigenvalue weighted by atomic mass is 32.2. The number of hydrogen-bond acceptors (Lipinski definition) is 5. The maximum atomic E-state index is 13.3. The summed E-state index contributed by atoms with van der Waals surface area (Å²) in [7, 11) is 0. The molecular weight excluding hydrogens is 430 g/mol. The third-order valence-electron chi connectivity index (χ3n) is 4.95. The average Bonchev–Trinajstić information content (AvgIpc) is 3.18. The fourth-order valence-corrected chi connectivity index (χ4v) is 4.82. The zero-order valence-corrected chi connectivity index (χ0v) is 18.4. The van der Waals surface area contributed by atoms with E-state index < -0.39 is 0 Å². The predicted molar refractivity (Wildman–Crippen MR) is 128 cm³/mol. The quantitative estimate of drug-likeness (QED) is 0.428. The topological polar surface area (TPSA) is 69.7 Å². The first-order chi connectivity index (χ1) is 14.9. The van der Waals surface area contributed by atoms with Crippen molar-refractivity contribution in [1.82, 2.24) is 4.90 Å². The van der Waals surface area contributed by atoms with Crippen molar-refractivity contribution in [3.63, 3.8) is 0 Å². The molecule has 0 radical (unpaired) electrons. The summed E-state index contributed by atoms with van der Waals surface area (Å²) in [4.78, 5) is 42.0. The second kappa shape index (κ2) is 8.49. The molecule has 2 aliphatic rings. The monoisotopic (exact) mass is 449 g/mol. The van der Waals surface area contributed by atoms with Crippen LogP contribution in [0.1, 0.15) is 11.1 Å². The molecule has 0 unspecified atom stereocenters. The van der Waals surface area contributed by atoms with E-state index in [0.717, 1.165) is 17.3 Å².